The van der Waals surface area contributed by atoms with Gasteiger partial charge in [0.05, 0.1) is 6.61 Å². The zero-order chi connectivity index (χ0) is 14.2. The lowest BCUT2D eigenvalue weighted by Crippen LogP contribution is -2.13. The van der Waals surface area contributed by atoms with E-state index in [1.54, 1.807) is 12.3 Å². The molecule has 1 aliphatic carbocycles. The van der Waals surface area contributed by atoms with E-state index in [1.165, 1.54) is 18.3 Å². The molecule has 2 aromatic rings. The molecular weight excluding hydrogens is 280 g/mol. The summed E-state index contributed by atoms with van der Waals surface area (Å²) in [4.78, 5) is 0.124. The summed E-state index contributed by atoms with van der Waals surface area (Å²) in [5.41, 5.74) is 0.604. The average Bonchev–Trinajstić information content (AvgIpc) is 3.18. The van der Waals surface area contributed by atoms with Crippen LogP contribution in [0.15, 0.2) is 35.5 Å². The molecule has 0 saturated heterocycles. The minimum absolute atomic E-state index is 0.124. The van der Waals surface area contributed by atoms with Crippen LogP contribution in [0.2, 0.25) is 0 Å². The maximum absolute atomic E-state index is 12.3. The predicted molar refractivity (Wildman–Crippen MR) is 71.5 cm³/mol. The Kier molecular flexibility index (Phi) is 3.19. The molecule has 0 amide bonds. The van der Waals surface area contributed by atoms with E-state index in [1.807, 2.05) is 4.57 Å². The first-order valence-electron chi connectivity index (χ1n) is 6.22. The minimum atomic E-state index is -3.72. The van der Waals surface area contributed by atoms with Crippen molar-refractivity contribution in [3.05, 3.63) is 36.3 Å². The molecule has 7 nitrogen and oxygen atoms in total. The lowest BCUT2D eigenvalue weighted by Gasteiger charge is -2.04. The summed E-state index contributed by atoms with van der Waals surface area (Å²) in [6.45, 7) is -0.183. The first-order chi connectivity index (χ1) is 9.60. The topological polar surface area (TPSA) is 97.1 Å². The molecule has 1 saturated carbocycles. The maximum Gasteiger partial charge on any atom is 0.264 e. The fraction of sp³-hybridized carbons (Fsp3) is 0.333. The van der Waals surface area contributed by atoms with Gasteiger partial charge in [0, 0.05) is 24.1 Å². The molecule has 2 aromatic heterocycles. The van der Waals surface area contributed by atoms with Crippen molar-refractivity contribution in [1.82, 2.24) is 14.8 Å². The van der Waals surface area contributed by atoms with Gasteiger partial charge in [0.1, 0.15) is 4.90 Å². The van der Waals surface area contributed by atoms with Crippen LogP contribution in [0.5, 0.6) is 0 Å². The van der Waals surface area contributed by atoms with Crippen LogP contribution in [-0.2, 0) is 16.6 Å². The van der Waals surface area contributed by atoms with Crippen LogP contribution in [0, 0.1) is 0 Å². The Morgan fingerprint density at radius 3 is 2.85 bits per heavy atom. The van der Waals surface area contributed by atoms with E-state index >= 15 is 0 Å². The number of nitrogens with zero attached hydrogens (tertiary/aromatic N) is 3. The highest BCUT2D eigenvalue weighted by Crippen LogP contribution is 2.37. The van der Waals surface area contributed by atoms with E-state index in [9.17, 15) is 13.5 Å². The van der Waals surface area contributed by atoms with Crippen LogP contribution >= 0.6 is 0 Å². The summed E-state index contributed by atoms with van der Waals surface area (Å²) in [5, 5.41) is 16.6. The second-order valence-electron chi connectivity index (χ2n) is 4.68. The molecule has 20 heavy (non-hydrogen) atoms. The lowest BCUT2D eigenvalue weighted by atomic mass is 10.4. The first-order valence-corrected chi connectivity index (χ1v) is 7.70. The van der Waals surface area contributed by atoms with E-state index in [2.05, 4.69) is 14.9 Å². The average molecular weight is 294 g/mol. The van der Waals surface area contributed by atoms with Crippen molar-refractivity contribution in [2.75, 3.05) is 4.72 Å². The highest BCUT2D eigenvalue weighted by atomic mass is 32.2. The Hall–Kier alpha value is -1.93. The van der Waals surface area contributed by atoms with Crippen molar-refractivity contribution in [2.24, 2.45) is 0 Å². The number of sulfonamides is 1. The Morgan fingerprint density at radius 1 is 1.45 bits per heavy atom. The summed E-state index contributed by atoms with van der Waals surface area (Å²) >= 11 is 0. The second kappa shape index (κ2) is 4.88. The van der Waals surface area contributed by atoms with Gasteiger partial charge in [0.15, 0.2) is 5.82 Å². The van der Waals surface area contributed by atoms with Crippen LogP contribution < -0.4 is 4.72 Å². The SMILES string of the molecule is O=S(=O)(Nc1cccnn1)c1cc(CO)n(C2CC2)c1. The van der Waals surface area contributed by atoms with Gasteiger partial charge in [-0.3, -0.25) is 4.72 Å². The molecule has 1 fully saturated rings. The standard InChI is InChI=1S/C12H14N4O3S/c17-8-10-6-11(7-16(10)9-3-4-9)20(18,19)15-12-2-1-5-13-14-12/h1-2,5-7,9,17H,3-4,8H2,(H,14,15). The number of hydrogen-bond acceptors (Lipinski definition) is 5. The van der Waals surface area contributed by atoms with Gasteiger partial charge >= 0.3 is 0 Å². The molecule has 0 atom stereocenters. The molecule has 0 bridgehead atoms. The zero-order valence-electron chi connectivity index (χ0n) is 10.6. The van der Waals surface area contributed by atoms with E-state index in [0.29, 0.717) is 11.7 Å². The van der Waals surface area contributed by atoms with Gasteiger partial charge in [-0.1, -0.05) is 0 Å². The summed E-state index contributed by atoms with van der Waals surface area (Å²) in [6.07, 6.45) is 5.05. The van der Waals surface area contributed by atoms with E-state index in [0.717, 1.165) is 12.8 Å². The van der Waals surface area contributed by atoms with Crippen molar-refractivity contribution < 1.29 is 13.5 Å². The molecule has 2 N–H and O–H groups in total. The molecule has 2 heterocycles. The molecule has 8 heteroatoms. The number of aliphatic hydroxyl groups is 1. The predicted octanol–water partition coefficient (Wildman–Crippen LogP) is 0.906. The number of hydrogen-bond donors (Lipinski definition) is 2. The van der Waals surface area contributed by atoms with Crippen LogP contribution in [0.25, 0.3) is 0 Å². The van der Waals surface area contributed by atoms with Gasteiger partial charge in [-0.15, -0.1) is 5.10 Å². The van der Waals surface area contributed by atoms with Crippen molar-refractivity contribution in [3.8, 4) is 0 Å². The molecule has 0 aliphatic heterocycles. The summed E-state index contributed by atoms with van der Waals surface area (Å²) in [5.74, 6) is 0.164. The fourth-order valence-corrected chi connectivity index (χ4v) is 3.06. The van der Waals surface area contributed by atoms with Crippen molar-refractivity contribution in [2.45, 2.75) is 30.4 Å². The first kappa shape index (κ1) is 13.1. The van der Waals surface area contributed by atoms with E-state index in [-0.39, 0.29) is 17.3 Å². The molecule has 3 rings (SSSR count). The molecular formula is C12H14N4O3S. The maximum atomic E-state index is 12.3. The van der Waals surface area contributed by atoms with Crippen LogP contribution in [0.1, 0.15) is 24.6 Å². The third-order valence-electron chi connectivity index (χ3n) is 3.13. The number of nitrogens with one attached hydrogen (secondary N) is 1. The molecule has 0 unspecified atom stereocenters. The van der Waals surface area contributed by atoms with Crippen molar-refractivity contribution in [1.29, 1.82) is 0 Å². The largest absolute Gasteiger partial charge is 0.390 e. The smallest absolute Gasteiger partial charge is 0.264 e. The Bertz CT molecular complexity index is 708. The second-order valence-corrected chi connectivity index (χ2v) is 6.36. The molecule has 1 aliphatic rings. The van der Waals surface area contributed by atoms with Crippen LogP contribution in [-0.4, -0.2) is 28.3 Å². The Balaban J connectivity index is 1.91. The molecule has 0 radical (unpaired) electrons. The van der Waals surface area contributed by atoms with Crippen LogP contribution in [0.3, 0.4) is 0 Å². The normalized spacial score (nSPS) is 15.2. The molecule has 0 spiro atoms. The van der Waals surface area contributed by atoms with Gasteiger partial charge in [-0.05, 0) is 31.0 Å². The third-order valence-corrected chi connectivity index (χ3v) is 4.45. The van der Waals surface area contributed by atoms with Gasteiger partial charge in [0.2, 0.25) is 0 Å². The summed E-state index contributed by atoms with van der Waals surface area (Å²) < 4.78 is 28.7. The van der Waals surface area contributed by atoms with Crippen LogP contribution in [0.4, 0.5) is 5.82 Å². The van der Waals surface area contributed by atoms with Gasteiger partial charge in [-0.2, -0.15) is 5.10 Å². The zero-order valence-corrected chi connectivity index (χ0v) is 11.4. The number of anilines is 1. The summed E-state index contributed by atoms with van der Waals surface area (Å²) in [6, 6.07) is 4.91. The van der Waals surface area contributed by atoms with Gasteiger partial charge < -0.3 is 9.67 Å². The number of aromatic nitrogens is 3. The van der Waals surface area contributed by atoms with Gasteiger partial charge in [0.25, 0.3) is 10.0 Å². The van der Waals surface area contributed by atoms with E-state index < -0.39 is 10.0 Å². The number of rotatable bonds is 5. The Labute approximate surface area is 116 Å². The minimum Gasteiger partial charge on any atom is -0.390 e. The summed E-state index contributed by atoms with van der Waals surface area (Å²) in [7, 11) is -3.72. The molecule has 106 valence electrons. The van der Waals surface area contributed by atoms with Crippen molar-refractivity contribution >= 4 is 15.8 Å². The fourth-order valence-electron chi connectivity index (χ4n) is 2.02. The Morgan fingerprint density at radius 2 is 2.25 bits per heavy atom. The molecule has 0 aromatic carbocycles. The van der Waals surface area contributed by atoms with E-state index in [4.69, 9.17) is 0 Å². The monoisotopic (exact) mass is 294 g/mol. The third kappa shape index (κ3) is 2.52. The van der Waals surface area contributed by atoms with Crippen molar-refractivity contribution in [3.63, 3.8) is 0 Å². The number of aliphatic hydroxyl groups excluding tert-OH is 1. The highest BCUT2D eigenvalue weighted by Gasteiger charge is 2.28. The highest BCUT2D eigenvalue weighted by molar-refractivity contribution is 7.92. The quantitative estimate of drug-likeness (QED) is 0.854. The lowest BCUT2D eigenvalue weighted by molar-refractivity contribution is 0.270. The van der Waals surface area contributed by atoms with Gasteiger partial charge in [-0.25, -0.2) is 8.42 Å².